The number of nitrogens with zero attached hydrogens (tertiary/aromatic N) is 4. The molecule has 2 bridgehead atoms. The van der Waals surface area contributed by atoms with Crippen LogP contribution >= 0.6 is 0 Å². The van der Waals surface area contributed by atoms with Gasteiger partial charge in [0.05, 0.1) is 15.8 Å². The van der Waals surface area contributed by atoms with Gasteiger partial charge in [-0.3, -0.25) is 19.8 Å². The Labute approximate surface area is 203 Å². The van der Waals surface area contributed by atoms with Gasteiger partial charge in [0.1, 0.15) is 17.1 Å². The number of anilines is 1. The molecule has 2 saturated heterocycles. The zero-order chi connectivity index (χ0) is 25.3. The monoisotopic (exact) mass is 496 g/mol. The first-order valence-corrected chi connectivity index (χ1v) is 11.8. The molecule has 9 nitrogen and oxygen atoms in total. The summed E-state index contributed by atoms with van der Waals surface area (Å²) < 4.78 is 32.8. The molecule has 0 radical (unpaired) electrons. The molecule has 1 N–H and O–H groups in total. The Hall–Kier alpha value is -3.86. The molecule has 2 aliphatic heterocycles. The van der Waals surface area contributed by atoms with Crippen LogP contribution in [0.15, 0.2) is 41.3 Å². The second kappa shape index (κ2) is 8.09. The fourth-order valence-electron chi connectivity index (χ4n) is 5.66. The standard InChI is InChI=1S/C25H22F2N4O5/c26-20-8-18-22(30(14-5-6-14)12-19(24(18)32)25(33)34)21(27)23(20)29-11-16-7-17(29)10-28(16)9-13-1-3-15(4-2-13)31(35)36/h1-4,8,12,14,16-17H,5-7,9-11H2,(H,33,34). The van der Waals surface area contributed by atoms with E-state index in [1.54, 1.807) is 17.0 Å². The third kappa shape index (κ3) is 3.53. The van der Waals surface area contributed by atoms with E-state index in [1.807, 2.05) is 0 Å². The maximum absolute atomic E-state index is 16.0. The van der Waals surface area contributed by atoms with Crippen molar-refractivity contribution in [2.75, 3.05) is 18.0 Å². The number of aromatic carboxylic acids is 1. The summed E-state index contributed by atoms with van der Waals surface area (Å²) in [6.07, 6.45) is 3.36. The second-order valence-electron chi connectivity index (χ2n) is 9.78. The molecular formula is C25H22F2N4O5. The fourth-order valence-corrected chi connectivity index (χ4v) is 5.66. The first-order valence-electron chi connectivity index (χ1n) is 11.8. The van der Waals surface area contributed by atoms with E-state index in [1.165, 1.54) is 22.9 Å². The van der Waals surface area contributed by atoms with Crippen LogP contribution in [0.5, 0.6) is 0 Å². The molecule has 3 aliphatic rings. The van der Waals surface area contributed by atoms with Gasteiger partial charge in [-0.2, -0.15) is 0 Å². The molecule has 186 valence electrons. The number of benzene rings is 2. The minimum Gasteiger partial charge on any atom is -0.477 e. The number of likely N-dealkylation sites (tertiary alicyclic amines) is 1. The second-order valence-corrected chi connectivity index (χ2v) is 9.78. The van der Waals surface area contributed by atoms with Crippen LogP contribution in [0.25, 0.3) is 10.9 Å². The quantitative estimate of drug-likeness (QED) is 0.410. The van der Waals surface area contributed by atoms with E-state index in [9.17, 15) is 24.8 Å². The number of hydrogen-bond donors (Lipinski definition) is 1. The molecule has 0 amide bonds. The lowest BCUT2D eigenvalue weighted by molar-refractivity contribution is -0.384. The zero-order valence-electron chi connectivity index (χ0n) is 19.1. The number of pyridine rings is 1. The van der Waals surface area contributed by atoms with Crippen LogP contribution in [0.1, 0.15) is 41.2 Å². The molecule has 2 unspecified atom stereocenters. The number of carboxylic acids is 1. The van der Waals surface area contributed by atoms with Crippen LogP contribution in [0.3, 0.4) is 0 Å². The highest BCUT2D eigenvalue weighted by molar-refractivity contribution is 5.94. The van der Waals surface area contributed by atoms with E-state index in [0.717, 1.165) is 30.9 Å². The topological polar surface area (TPSA) is 109 Å². The SMILES string of the molecule is O=C(O)c1cn(C2CC2)c2c(F)c(N3CC4CC3CN4Cc3ccc([N+](=O)[O-])cc3)c(F)cc2c1=O. The van der Waals surface area contributed by atoms with E-state index in [0.29, 0.717) is 19.6 Å². The van der Waals surface area contributed by atoms with Gasteiger partial charge in [-0.1, -0.05) is 12.1 Å². The molecule has 11 heteroatoms. The highest BCUT2D eigenvalue weighted by Crippen LogP contribution is 2.42. The summed E-state index contributed by atoms with van der Waals surface area (Å²) in [6.45, 7) is 1.55. The lowest BCUT2D eigenvalue weighted by atomic mass is 10.1. The van der Waals surface area contributed by atoms with Crippen LogP contribution < -0.4 is 10.3 Å². The smallest absolute Gasteiger partial charge is 0.341 e. The number of rotatable bonds is 6. The lowest BCUT2D eigenvalue weighted by Gasteiger charge is -2.36. The van der Waals surface area contributed by atoms with Gasteiger partial charge in [0.25, 0.3) is 5.69 Å². The number of nitro benzene ring substituents is 1. The highest BCUT2D eigenvalue weighted by Gasteiger charge is 2.45. The molecular weight excluding hydrogens is 474 g/mol. The molecule has 2 aromatic carbocycles. The highest BCUT2D eigenvalue weighted by atomic mass is 19.1. The summed E-state index contributed by atoms with van der Waals surface area (Å²) in [5, 5.41) is 20.0. The van der Waals surface area contributed by atoms with Crippen LogP contribution in [-0.2, 0) is 6.54 Å². The zero-order valence-corrected chi connectivity index (χ0v) is 19.1. The molecule has 3 fully saturated rings. The molecule has 1 aliphatic carbocycles. The summed E-state index contributed by atoms with van der Waals surface area (Å²) in [6, 6.07) is 7.14. The Morgan fingerprint density at radius 2 is 1.83 bits per heavy atom. The van der Waals surface area contributed by atoms with Gasteiger partial charge in [0.2, 0.25) is 5.43 Å². The van der Waals surface area contributed by atoms with Crippen molar-refractivity contribution in [3.63, 3.8) is 0 Å². The van der Waals surface area contributed by atoms with Crippen molar-refractivity contribution in [3.8, 4) is 0 Å². The Bertz CT molecular complexity index is 1480. The van der Waals surface area contributed by atoms with Crippen molar-refractivity contribution in [2.45, 2.75) is 43.9 Å². The summed E-state index contributed by atoms with van der Waals surface area (Å²) in [4.78, 5) is 38.6. The van der Waals surface area contributed by atoms with Crippen LogP contribution in [0.4, 0.5) is 20.2 Å². The van der Waals surface area contributed by atoms with E-state index < -0.39 is 33.5 Å². The number of nitro groups is 1. The minimum atomic E-state index is -1.42. The van der Waals surface area contributed by atoms with Crippen LogP contribution in [0.2, 0.25) is 0 Å². The van der Waals surface area contributed by atoms with Crippen LogP contribution in [-0.4, -0.2) is 50.6 Å². The van der Waals surface area contributed by atoms with Crippen molar-refractivity contribution >= 4 is 28.2 Å². The number of carbonyl (C=O) groups is 1. The molecule has 2 atom stereocenters. The molecule has 36 heavy (non-hydrogen) atoms. The Kier molecular flexibility index (Phi) is 5.08. The van der Waals surface area contributed by atoms with Crippen molar-refractivity contribution in [2.24, 2.45) is 0 Å². The Morgan fingerprint density at radius 1 is 1.11 bits per heavy atom. The average Bonchev–Trinajstić information content (AvgIpc) is 3.50. The number of piperazine rings is 1. The van der Waals surface area contributed by atoms with E-state index >= 15 is 8.78 Å². The minimum absolute atomic E-state index is 0.0234. The molecule has 3 aromatic rings. The molecule has 1 saturated carbocycles. The normalized spacial score (nSPS) is 21.4. The predicted molar refractivity (Wildman–Crippen MR) is 126 cm³/mol. The molecule has 3 heterocycles. The summed E-state index contributed by atoms with van der Waals surface area (Å²) >= 11 is 0. The first-order chi connectivity index (χ1) is 17.2. The van der Waals surface area contributed by atoms with E-state index in [4.69, 9.17) is 0 Å². The summed E-state index contributed by atoms with van der Waals surface area (Å²) in [5.74, 6) is -3.14. The van der Waals surface area contributed by atoms with Gasteiger partial charge >= 0.3 is 5.97 Å². The van der Waals surface area contributed by atoms with E-state index in [2.05, 4.69) is 4.90 Å². The van der Waals surface area contributed by atoms with E-state index in [-0.39, 0.29) is 40.4 Å². The van der Waals surface area contributed by atoms with Crippen molar-refractivity contribution in [3.05, 3.63) is 79.6 Å². The number of hydrogen-bond acceptors (Lipinski definition) is 6. The number of halogens is 2. The average molecular weight is 496 g/mol. The van der Waals surface area contributed by atoms with Gasteiger partial charge in [-0.05, 0) is 30.9 Å². The third-order valence-corrected chi connectivity index (χ3v) is 7.53. The Balaban J connectivity index is 1.31. The lowest BCUT2D eigenvalue weighted by Crippen LogP contribution is -2.46. The number of fused-ring (bicyclic) bond motifs is 3. The summed E-state index contributed by atoms with van der Waals surface area (Å²) in [7, 11) is 0. The van der Waals surface area contributed by atoms with Crippen molar-refractivity contribution in [1.29, 1.82) is 0 Å². The third-order valence-electron chi connectivity index (χ3n) is 7.53. The molecule has 6 rings (SSSR count). The van der Waals surface area contributed by atoms with Gasteiger partial charge in [-0.25, -0.2) is 13.6 Å². The largest absolute Gasteiger partial charge is 0.477 e. The maximum atomic E-state index is 16.0. The fraction of sp³-hybridized carbons (Fsp3) is 0.360. The number of aromatic nitrogens is 1. The van der Waals surface area contributed by atoms with Crippen molar-refractivity contribution in [1.82, 2.24) is 9.47 Å². The first kappa shape index (κ1) is 22.6. The summed E-state index contributed by atoms with van der Waals surface area (Å²) in [5.41, 5.74) is -0.670. The maximum Gasteiger partial charge on any atom is 0.341 e. The predicted octanol–water partition coefficient (Wildman–Crippen LogP) is 3.68. The van der Waals surface area contributed by atoms with Crippen molar-refractivity contribution < 1.29 is 23.6 Å². The van der Waals surface area contributed by atoms with Crippen LogP contribution in [0, 0.1) is 21.7 Å². The van der Waals surface area contributed by atoms with Gasteiger partial charge < -0.3 is 14.6 Å². The number of carboxylic acid groups (broad SMARTS) is 1. The molecule has 0 spiro atoms. The van der Waals surface area contributed by atoms with Gasteiger partial charge in [0.15, 0.2) is 5.82 Å². The number of non-ortho nitro benzene ring substituents is 1. The van der Waals surface area contributed by atoms with Gasteiger partial charge in [-0.15, -0.1) is 0 Å². The van der Waals surface area contributed by atoms with Gasteiger partial charge in [0, 0.05) is 56.1 Å². The Morgan fingerprint density at radius 3 is 2.42 bits per heavy atom. The molecule has 1 aromatic heterocycles.